The van der Waals surface area contributed by atoms with Crippen LogP contribution in [-0.2, 0) is 22.7 Å². The lowest BCUT2D eigenvalue weighted by Gasteiger charge is -2.31. The Morgan fingerprint density at radius 3 is 2.26 bits per heavy atom. The summed E-state index contributed by atoms with van der Waals surface area (Å²) in [4.78, 5) is 28.3. The van der Waals surface area contributed by atoms with Gasteiger partial charge in [-0.05, 0) is 136 Å². The van der Waals surface area contributed by atoms with Crippen molar-refractivity contribution in [2.75, 3.05) is 0 Å². The average Bonchev–Trinajstić information content (AvgIpc) is 3.70. The molecule has 1 saturated carbocycles. The van der Waals surface area contributed by atoms with E-state index in [0.29, 0.717) is 54.6 Å². The lowest BCUT2D eigenvalue weighted by Crippen LogP contribution is -2.43. The molecule has 0 saturated heterocycles. The fourth-order valence-electron chi connectivity index (χ4n) is 7.44. The van der Waals surface area contributed by atoms with Gasteiger partial charge in [0.15, 0.2) is 0 Å². The molecule has 2 aromatic heterocycles. The maximum absolute atomic E-state index is 14.2. The molecule has 54 heavy (non-hydrogen) atoms. The van der Waals surface area contributed by atoms with Gasteiger partial charge in [-0.15, -0.1) is 0 Å². The second kappa shape index (κ2) is 15.1. The number of nitrogens with one attached hydrogen (secondary N) is 1. The predicted octanol–water partition coefficient (Wildman–Crippen LogP) is 7.56. The van der Waals surface area contributed by atoms with Crippen LogP contribution in [0.4, 0.5) is 18.0 Å². The molecule has 1 fully saturated rings. The third kappa shape index (κ3) is 7.34. The summed E-state index contributed by atoms with van der Waals surface area (Å²) in [6, 6.07) is 14.8. The summed E-state index contributed by atoms with van der Waals surface area (Å²) in [6.07, 6.45) is -0.383. The van der Waals surface area contributed by atoms with Crippen LogP contribution in [0, 0.1) is 32.1 Å². The number of carbonyl (C=O) groups excluding carboxylic acids is 1. The highest BCUT2D eigenvalue weighted by molar-refractivity contribution is 7.85. The standard InChI is InChI=1S/C38H37F3N6O5S.H3N/c1-5-31-22(2)23(3)34(53(50,51)52)20-32(31)26-11-13-28(14-12-26)44-36(48)46-35(33-17-18-43-47(33)29-15-9-25(21-42)10-16-29)24(4)45(37(46)49)30-8-6-7-27(19-30)38(39,40)41;/h6-10,15-20,26,28H,5,11-14H2,1-4H3,(H,44,48)(H,50,51,52);1H3/t26-,28-;. The molecule has 6 rings (SSSR count). The van der Waals surface area contributed by atoms with Crippen LogP contribution in [0.5, 0.6) is 0 Å². The Morgan fingerprint density at radius 1 is 1.00 bits per heavy atom. The fourth-order valence-corrected chi connectivity index (χ4v) is 8.26. The van der Waals surface area contributed by atoms with Crippen molar-refractivity contribution in [1.29, 1.82) is 5.26 Å². The second-order valence-corrected chi connectivity index (χ2v) is 14.6. The van der Waals surface area contributed by atoms with Gasteiger partial charge in [0.25, 0.3) is 10.1 Å². The van der Waals surface area contributed by atoms with Crippen molar-refractivity contribution in [3.63, 3.8) is 0 Å². The Labute approximate surface area is 310 Å². The zero-order valence-corrected chi connectivity index (χ0v) is 30.9. The summed E-state index contributed by atoms with van der Waals surface area (Å²) in [7, 11) is -4.45. The number of carbonyl (C=O) groups is 1. The number of imidazole rings is 1. The second-order valence-electron chi connectivity index (χ2n) is 13.2. The monoisotopic (exact) mass is 763 g/mol. The number of hydrogen-bond donors (Lipinski definition) is 3. The number of benzene rings is 3. The highest BCUT2D eigenvalue weighted by Crippen LogP contribution is 2.39. The minimum absolute atomic E-state index is 0. The fraction of sp³-hybridized carbons (Fsp3) is 0.316. The lowest BCUT2D eigenvalue weighted by molar-refractivity contribution is -0.137. The third-order valence-electron chi connectivity index (χ3n) is 10.2. The van der Waals surface area contributed by atoms with E-state index < -0.39 is 33.6 Å². The Balaban J connectivity index is 0.00000561. The minimum Gasteiger partial charge on any atom is -0.344 e. The first-order chi connectivity index (χ1) is 25.0. The van der Waals surface area contributed by atoms with Crippen LogP contribution < -0.4 is 17.2 Å². The molecule has 1 aliphatic carbocycles. The van der Waals surface area contributed by atoms with Gasteiger partial charge in [-0.3, -0.25) is 9.12 Å². The molecular weight excluding hydrogens is 724 g/mol. The van der Waals surface area contributed by atoms with E-state index in [1.165, 1.54) is 29.9 Å². The van der Waals surface area contributed by atoms with Crippen molar-refractivity contribution in [3.05, 3.63) is 116 Å². The van der Waals surface area contributed by atoms with Crippen LogP contribution in [0.1, 0.15) is 77.6 Å². The highest BCUT2D eigenvalue weighted by Gasteiger charge is 2.33. The van der Waals surface area contributed by atoms with E-state index in [1.807, 2.05) is 19.9 Å². The number of alkyl halides is 3. The number of nitrogens with zero attached hydrogens (tertiary/aromatic N) is 5. The van der Waals surface area contributed by atoms with Gasteiger partial charge in [0.1, 0.15) is 5.69 Å². The Morgan fingerprint density at radius 2 is 1.67 bits per heavy atom. The van der Waals surface area contributed by atoms with Gasteiger partial charge in [0.05, 0.1) is 51.1 Å². The molecule has 5 N–H and O–H groups in total. The van der Waals surface area contributed by atoms with Crippen LogP contribution in [-0.4, -0.2) is 44.0 Å². The summed E-state index contributed by atoms with van der Waals surface area (Å²) in [6.45, 7) is 7.04. The zero-order valence-electron chi connectivity index (χ0n) is 30.1. The quantitative estimate of drug-likeness (QED) is 0.142. The van der Waals surface area contributed by atoms with Crippen LogP contribution in [0.25, 0.3) is 22.8 Å². The number of amides is 1. The molecule has 2 heterocycles. The normalized spacial score (nSPS) is 16.1. The number of hydrogen-bond acceptors (Lipinski definition) is 7. The van der Waals surface area contributed by atoms with Gasteiger partial charge in [-0.2, -0.15) is 31.9 Å². The number of halogens is 3. The summed E-state index contributed by atoms with van der Waals surface area (Å²) in [5, 5.41) is 16.6. The molecule has 5 aromatic rings. The molecule has 0 unspecified atom stereocenters. The van der Waals surface area contributed by atoms with E-state index in [2.05, 4.69) is 10.4 Å². The summed E-state index contributed by atoms with van der Waals surface area (Å²) >= 11 is 0. The van der Waals surface area contributed by atoms with E-state index >= 15 is 0 Å². The average molecular weight is 764 g/mol. The first kappa shape index (κ1) is 39.7. The summed E-state index contributed by atoms with van der Waals surface area (Å²) in [5.41, 5.74) is 2.79. The van der Waals surface area contributed by atoms with E-state index in [1.54, 1.807) is 43.3 Å². The molecule has 0 bridgehead atoms. The topological polar surface area (TPSA) is 187 Å². The zero-order chi connectivity index (χ0) is 38.4. The van der Waals surface area contributed by atoms with E-state index in [-0.39, 0.29) is 40.1 Å². The van der Waals surface area contributed by atoms with Crippen LogP contribution >= 0.6 is 0 Å². The smallest absolute Gasteiger partial charge is 0.344 e. The maximum atomic E-state index is 14.2. The van der Waals surface area contributed by atoms with Gasteiger partial charge in [0, 0.05) is 6.04 Å². The van der Waals surface area contributed by atoms with Gasteiger partial charge in [-0.25, -0.2) is 18.8 Å². The molecule has 0 aliphatic heterocycles. The molecule has 0 radical (unpaired) electrons. The van der Waals surface area contributed by atoms with Crippen LogP contribution in [0.15, 0.2) is 76.6 Å². The summed E-state index contributed by atoms with van der Waals surface area (Å²) in [5.74, 6) is -0.0396. The largest absolute Gasteiger partial charge is 0.416 e. The first-order valence-electron chi connectivity index (χ1n) is 17.0. The van der Waals surface area contributed by atoms with Gasteiger partial charge < -0.3 is 11.5 Å². The van der Waals surface area contributed by atoms with Crippen LogP contribution in [0.2, 0.25) is 0 Å². The molecule has 1 aliphatic rings. The van der Waals surface area contributed by atoms with Crippen LogP contribution in [0.3, 0.4) is 0 Å². The van der Waals surface area contributed by atoms with E-state index in [9.17, 15) is 41.0 Å². The van der Waals surface area contributed by atoms with E-state index in [4.69, 9.17) is 0 Å². The minimum atomic E-state index is -4.67. The summed E-state index contributed by atoms with van der Waals surface area (Å²) < 4.78 is 79.0. The van der Waals surface area contributed by atoms with Crippen molar-refractivity contribution in [2.24, 2.45) is 0 Å². The van der Waals surface area contributed by atoms with Crippen molar-refractivity contribution in [2.45, 2.75) is 82.8 Å². The Bertz CT molecular complexity index is 2430. The number of rotatable bonds is 7. The van der Waals surface area contributed by atoms with Gasteiger partial charge in [0.2, 0.25) is 0 Å². The van der Waals surface area contributed by atoms with Crippen molar-refractivity contribution in [1.82, 2.24) is 30.4 Å². The molecule has 0 spiro atoms. The molecule has 0 atom stereocenters. The predicted molar refractivity (Wildman–Crippen MR) is 196 cm³/mol. The lowest BCUT2D eigenvalue weighted by atomic mass is 9.78. The van der Waals surface area contributed by atoms with Crippen molar-refractivity contribution < 1.29 is 30.9 Å². The molecule has 1 amide bonds. The van der Waals surface area contributed by atoms with Crippen molar-refractivity contribution in [3.8, 4) is 28.8 Å². The SMILES string of the molecule is CCc1c(C)c(C)c(S(=O)(=O)O)cc1[C@H]1CC[C@H](NC(=O)n2c(-c3ccnn3-c3ccc(C#N)cc3)c(C)n(-c3cccc(C(F)(F)F)c3)c2=O)CC1.N. The number of nitriles is 1. The molecular formula is C38H40F3N7O5S. The maximum Gasteiger partial charge on any atom is 0.416 e. The Kier molecular flexibility index (Phi) is 11.1. The molecule has 3 aromatic carbocycles. The van der Waals surface area contributed by atoms with Gasteiger partial charge >= 0.3 is 17.9 Å². The van der Waals surface area contributed by atoms with Crippen molar-refractivity contribution >= 4 is 16.1 Å². The van der Waals surface area contributed by atoms with Gasteiger partial charge in [-0.1, -0.05) is 13.0 Å². The first-order valence-corrected chi connectivity index (χ1v) is 18.5. The molecule has 284 valence electrons. The number of aromatic nitrogens is 4. The molecule has 16 heteroatoms. The third-order valence-corrected chi connectivity index (χ3v) is 11.2. The Hall–Kier alpha value is -5.50. The van der Waals surface area contributed by atoms with E-state index in [0.717, 1.165) is 38.0 Å². The highest BCUT2D eigenvalue weighted by atomic mass is 32.2. The molecule has 12 nitrogen and oxygen atoms in total.